The normalized spacial score (nSPS) is 18.9. The van der Waals surface area contributed by atoms with Gasteiger partial charge in [-0.2, -0.15) is 0 Å². The molecule has 178 valence electrons. The number of nitrogens with zero attached hydrogens (tertiary/aromatic N) is 4. The summed E-state index contributed by atoms with van der Waals surface area (Å²) in [6.45, 7) is 12.8. The quantitative estimate of drug-likeness (QED) is 0.495. The second-order valence-corrected chi connectivity index (χ2v) is 12.0. The van der Waals surface area contributed by atoms with Gasteiger partial charge in [0.1, 0.15) is 11.5 Å². The maximum atomic E-state index is 5.94. The van der Waals surface area contributed by atoms with Gasteiger partial charge in [-0.25, -0.2) is 9.67 Å². The van der Waals surface area contributed by atoms with Gasteiger partial charge in [-0.1, -0.05) is 20.8 Å². The predicted octanol–water partition coefficient (Wildman–Crippen LogP) is 4.81. The molecule has 3 rings (SSSR count). The summed E-state index contributed by atoms with van der Waals surface area (Å²) in [4.78, 5) is 10.8. The van der Waals surface area contributed by atoms with Crippen molar-refractivity contribution in [3.63, 3.8) is 0 Å². The van der Waals surface area contributed by atoms with Gasteiger partial charge in [-0.3, -0.25) is 4.98 Å². The first-order chi connectivity index (χ1) is 15.1. The van der Waals surface area contributed by atoms with E-state index in [2.05, 4.69) is 50.4 Å². The highest BCUT2D eigenvalue weighted by molar-refractivity contribution is 8.00. The van der Waals surface area contributed by atoms with Crippen LogP contribution in [0.5, 0.6) is 0 Å². The molecule has 3 heterocycles. The first-order valence-corrected chi connectivity index (χ1v) is 12.1. The zero-order valence-electron chi connectivity index (χ0n) is 20.6. The van der Waals surface area contributed by atoms with Crippen LogP contribution in [-0.2, 0) is 20.6 Å². The molecule has 1 unspecified atom stereocenters. The van der Waals surface area contributed by atoms with Gasteiger partial charge in [0, 0.05) is 49.0 Å². The Morgan fingerprint density at radius 2 is 1.94 bits per heavy atom. The fourth-order valence-corrected chi connectivity index (χ4v) is 5.07. The first kappa shape index (κ1) is 25.1. The Labute approximate surface area is 196 Å². The van der Waals surface area contributed by atoms with Crippen molar-refractivity contribution in [3.8, 4) is 11.5 Å². The summed E-state index contributed by atoms with van der Waals surface area (Å²) < 4.78 is 19.0. The minimum absolute atomic E-state index is 0.143. The second kappa shape index (κ2) is 10.6. The molecule has 0 bridgehead atoms. The number of rotatable bonds is 9. The molecule has 0 spiro atoms. The van der Waals surface area contributed by atoms with Gasteiger partial charge < -0.3 is 14.2 Å². The van der Waals surface area contributed by atoms with E-state index >= 15 is 0 Å². The van der Waals surface area contributed by atoms with Crippen LogP contribution in [0.15, 0.2) is 23.2 Å². The molecular weight excluding hydrogens is 424 g/mol. The highest BCUT2D eigenvalue weighted by Gasteiger charge is 2.32. The van der Waals surface area contributed by atoms with Crippen LogP contribution in [0, 0.1) is 5.92 Å². The van der Waals surface area contributed by atoms with E-state index in [9.17, 15) is 0 Å². The van der Waals surface area contributed by atoms with Crippen LogP contribution in [0.3, 0.4) is 0 Å². The van der Waals surface area contributed by atoms with Gasteiger partial charge in [-0.15, -0.1) is 16.9 Å². The second-order valence-electron chi connectivity index (χ2n) is 10.1. The van der Waals surface area contributed by atoms with Gasteiger partial charge in [0.25, 0.3) is 0 Å². The highest BCUT2D eigenvalue weighted by Crippen LogP contribution is 2.34. The Bertz CT molecular complexity index is 855. The number of thioether (sulfide) groups is 1. The average molecular weight is 463 g/mol. The largest absolute Gasteiger partial charge is 0.384 e. The summed E-state index contributed by atoms with van der Waals surface area (Å²) in [5.41, 5.74) is 0.624. The lowest BCUT2D eigenvalue weighted by molar-refractivity contribution is -0.0713. The number of hydrogen-bond acceptors (Lipinski definition) is 7. The van der Waals surface area contributed by atoms with Crippen molar-refractivity contribution >= 4 is 11.8 Å². The van der Waals surface area contributed by atoms with Crippen molar-refractivity contribution in [2.75, 3.05) is 34.0 Å². The third-order valence-corrected chi connectivity index (χ3v) is 6.47. The van der Waals surface area contributed by atoms with E-state index in [4.69, 9.17) is 24.3 Å². The Kier molecular flexibility index (Phi) is 8.36. The molecule has 1 atom stereocenters. The van der Waals surface area contributed by atoms with E-state index in [1.54, 1.807) is 26.0 Å². The van der Waals surface area contributed by atoms with Gasteiger partial charge in [-0.05, 0) is 38.8 Å². The molecule has 0 saturated carbocycles. The molecular formula is C24H38N4O3S. The van der Waals surface area contributed by atoms with Gasteiger partial charge in [0.05, 0.1) is 24.9 Å². The molecule has 1 saturated heterocycles. The van der Waals surface area contributed by atoms with Gasteiger partial charge >= 0.3 is 0 Å². The molecule has 0 amide bonds. The van der Waals surface area contributed by atoms with Crippen molar-refractivity contribution in [2.45, 2.75) is 75.2 Å². The van der Waals surface area contributed by atoms with Crippen LogP contribution >= 0.6 is 11.8 Å². The maximum absolute atomic E-state index is 5.94. The lowest BCUT2D eigenvalue weighted by Crippen LogP contribution is -2.36. The summed E-state index contributed by atoms with van der Waals surface area (Å²) in [7, 11) is 3.45. The Balaban J connectivity index is 1.91. The number of methoxy groups -OCH3 is 2. The van der Waals surface area contributed by atoms with Crippen molar-refractivity contribution in [1.82, 2.24) is 19.7 Å². The number of aromatic nitrogens is 4. The molecule has 2 aromatic rings. The summed E-state index contributed by atoms with van der Waals surface area (Å²) in [5, 5.41) is 4.95. The van der Waals surface area contributed by atoms with Crippen molar-refractivity contribution in [1.29, 1.82) is 0 Å². The van der Waals surface area contributed by atoms with Crippen molar-refractivity contribution in [3.05, 3.63) is 24.2 Å². The van der Waals surface area contributed by atoms with Crippen molar-refractivity contribution in [2.24, 2.45) is 5.92 Å². The van der Waals surface area contributed by atoms with Crippen LogP contribution in [-0.4, -0.2) is 64.1 Å². The fourth-order valence-electron chi connectivity index (χ4n) is 4.13. The van der Waals surface area contributed by atoms with Crippen LogP contribution < -0.4 is 0 Å². The van der Waals surface area contributed by atoms with Gasteiger partial charge in [0.2, 0.25) is 0 Å². The summed E-state index contributed by atoms with van der Waals surface area (Å²) in [5.74, 6) is 1.84. The van der Waals surface area contributed by atoms with Crippen LogP contribution in [0.25, 0.3) is 11.5 Å². The molecule has 0 radical (unpaired) electrons. The minimum atomic E-state index is -0.172. The Hall–Kier alpha value is -1.48. The SMILES string of the molecule is COCC(COC)Cc1nc(-c2ccc(SC(C)(C)C)cn2)nn1C1CCOC(C)(C)C1. The summed E-state index contributed by atoms with van der Waals surface area (Å²) in [6, 6.07) is 4.37. The third kappa shape index (κ3) is 7.01. The highest BCUT2D eigenvalue weighted by atomic mass is 32.2. The van der Waals surface area contributed by atoms with E-state index < -0.39 is 0 Å². The van der Waals surface area contributed by atoms with E-state index in [0.29, 0.717) is 19.0 Å². The third-order valence-electron chi connectivity index (χ3n) is 5.38. The standard InChI is InChI=1S/C24H38N4O3S/c1-23(2,3)32-19-8-9-20(25-14-19)22-26-21(12-17(15-29-6)16-30-7)28(27-22)18-10-11-31-24(4,5)13-18/h8-9,14,17-18H,10-13,15-16H2,1-7H3. The molecule has 32 heavy (non-hydrogen) atoms. The molecule has 1 fully saturated rings. The smallest absolute Gasteiger partial charge is 0.200 e. The predicted molar refractivity (Wildman–Crippen MR) is 128 cm³/mol. The van der Waals surface area contributed by atoms with Crippen LogP contribution in [0.4, 0.5) is 0 Å². The Morgan fingerprint density at radius 3 is 2.50 bits per heavy atom. The van der Waals surface area contributed by atoms with E-state index in [1.165, 1.54) is 0 Å². The lowest BCUT2D eigenvalue weighted by atomic mass is 9.94. The monoisotopic (exact) mass is 462 g/mol. The molecule has 7 nitrogen and oxygen atoms in total. The first-order valence-electron chi connectivity index (χ1n) is 11.3. The fraction of sp³-hybridized carbons (Fsp3) is 0.708. The molecule has 2 aromatic heterocycles. The molecule has 0 aromatic carbocycles. The summed E-state index contributed by atoms with van der Waals surface area (Å²) >= 11 is 1.80. The zero-order chi connectivity index (χ0) is 23.4. The lowest BCUT2D eigenvalue weighted by Gasteiger charge is -2.36. The van der Waals surface area contributed by atoms with Crippen molar-refractivity contribution < 1.29 is 14.2 Å². The average Bonchev–Trinajstić information content (AvgIpc) is 3.11. The van der Waals surface area contributed by atoms with Gasteiger partial charge in [0.15, 0.2) is 5.82 Å². The number of pyridine rings is 1. The zero-order valence-corrected chi connectivity index (χ0v) is 21.4. The molecule has 1 aliphatic rings. The van der Waals surface area contributed by atoms with E-state index in [-0.39, 0.29) is 22.3 Å². The minimum Gasteiger partial charge on any atom is -0.384 e. The molecule has 0 N–H and O–H groups in total. The van der Waals surface area contributed by atoms with Crippen LogP contribution in [0.1, 0.15) is 59.3 Å². The topological polar surface area (TPSA) is 71.3 Å². The molecule has 8 heteroatoms. The van der Waals surface area contributed by atoms with E-state index in [0.717, 1.165) is 42.3 Å². The van der Waals surface area contributed by atoms with E-state index in [1.807, 2.05) is 12.3 Å². The summed E-state index contributed by atoms with van der Waals surface area (Å²) in [6.07, 6.45) is 4.48. The number of hydrogen-bond donors (Lipinski definition) is 0. The molecule has 0 aliphatic carbocycles. The number of ether oxygens (including phenoxy) is 3. The van der Waals surface area contributed by atoms with Crippen LogP contribution in [0.2, 0.25) is 0 Å². The Morgan fingerprint density at radius 1 is 1.22 bits per heavy atom. The maximum Gasteiger partial charge on any atom is 0.200 e. The molecule has 1 aliphatic heterocycles.